The molecule has 0 bridgehead atoms. The second-order valence-corrected chi connectivity index (χ2v) is 1.80. The van der Waals surface area contributed by atoms with Crippen molar-refractivity contribution in [3.05, 3.63) is 6.42 Å². The van der Waals surface area contributed by atoms with Crippen LogP contribution in [0.3, 0.4) is 0 Å². The van der Waals surface area contributed by atoms with Gasteiger partial charge in [0.1, 0.15) is 0 Å². The zero-order valence-corrected chi connectivity index (χ0v) is 4.30. The molecule has 1 aliphatic heterocycles. The topological polar surface area (TPSA) is 23.5 Å². The van der Waals surface area contributed by atoms with Crippen LogP contribution in [0.1, 0.15) is 6.42 Å². The van der Waals surface area contributed by atoms with E-state index in [-0.39, 0.29) is 6.73 Å². The van der Waals surface area contributed by atoms with E-state index in [4.69, 9.17) is 5.11 Å². The molecule has 0 aromatic heterocycles. The van der Waals surface area contributed by atoms with E-state index < -0.39 is 0 Å². The Hall–Kier alpha value is -0.0800. The molecule has 2 nitrogen and oxygen atoms in total. The Morgan fingerprint density at radius 2 is 2.57 bits per heavy atom. The number of hydrogen-bond acceptors (Lipinski definition) is 2. The van der Waals surface area contributed by atoms with Crippen LogP contribution in [-0.2, 0) is 0 Å². The highest BCUT2D eigenvalue weighted by Gasteiger charge is 2.08. The molecule has 1 rings (SSSR count). The van der Waals surface area contributed by atoms with Crippen molar-refractivity contribution < 1.29 is 5.11 Å². The minimum absolute atomic E-state index is 0.219. The molecule has 0 aromatic carbocycles. The molecule has 1 N–H and O–H groups in total. The smallest absolute Gasteiger partial charge is 0.0956 e. The van der Waals surface area contributed by atoms with Gasteiger partial charge in [-0.25, -0.2) is 0 Å². The maximum Gasteiger partial charge on any atom is 0.0956 e. The average molecular weight is 100 g/mol. The van der Waals surface area contributed by atoms with Crippen molar-refractivity contribution in [1.82, 2.24) is 4.90 Å². The van der Waals surface area contributed by atoms with E-state index >= 15 is 0 Å². The highest BCUT2D eigenvalue weighted by Crippen LogP contribution is 2.02. The molecule has 7 heavy (non-hydrogen) atoms. The lowest BCUT2D eigenvalue weighted by Gasteiger charge is -2.07. The predicted octanol–water partition coefficient (Wildman–Crippen LogP) is -0.154. The Bertz CT molecular complexity index is 50.0. The Morgan fingerprint density at radius 3 is 2.86 bits per heavy atom. The van der Waals surface area contributed by atoms with Gasteiger partial charge in [0.15, 0.2) is 0 Å². The minimum atomic E-state index is 0.219. The summed E-state index contributed by atoms with van der Waals surface area (Å²) in [6.07, 6.45) is 3.32. The van der Waals surface area contributed by atoms with E-state index in [9.17, 15) is 0 Å². The van der Waals surface area contributed by atoms with Gasteiger partial charge >= 0.3 is 0 Å². The largest absolute Gasteiger partial charge is 0.381 e. The fraction of sp³-hybridized carbons (Fsp3) is 0.800. The van der Waals surface area contributed by atoms with E-state index in [1.54, 1.807) is 0 Å². The number of rotatable bonds is 1. The lowest BCUT2D eigenvalue weighted by atomic mass is 10.4. The maximum atomic E-state index is 8.47. The number of aliphatic hydroxyl groups is 1. The fourth-order valence-electron chi connectivity index (χ4n) is 0.767. The molecule has 0 unspecified atom stereocenters. The van der Waals surface area contributed by atoms with Crippen LogP contribution in [0.2, 0.25) is 0 Å². The summed E-state index contributed by atoms with van der Waals surface area (Å²) in [5.41, 5.74) is 0. The quantitative estimate of drug-likeness (QED) is 0.495. The number of aliphatic hydroxyl groups excluding tert-OH is 1. The molecule has 0 saturated carbocycles. The molecule has 1 fully saturated rings. The summed E-state index contributed by atoms with van der Waals surface area (Å²) in [6, 6.07) is 0. The molecule has 2 heteroatoms. The second-order valence-electron chi connectivity index (χ2n) is 1.80. The molecule has 41 valence electrons. The third-order valence-electron chi connectivity index (χ3n) is 1.24. The molecule has 0 aliphatic carbocycles. The first-order chi connectivity index (χ1) is 3.43. The summed E-state index contributed by atoms with van der Waals surface area (Å²) in [4.78, 5) is 1.99. The number of hydrogen-bond donors (Lipinski definition) is 1. The van der Waals surface area contributed by atoms with Crippen molar-refractivity contribution in [2.45, 2.75) is 6.42 Å². The standard InChI is InChI=1S/C5H10NO/c7-5-6-3-1-2-4-6/h1,7H,2-5H2. The Kier molecular flexibility index (Phi) is 1.65. The summed E-state index contributed by atoms with van der Waals surface area (Å²) in [5.74, 6) is 0. The predicted molar refractivity (Wildman–Crippen MR) is 27.6 cm³/mol. The van der Waals surface area contributed by atoms with Gasteiger partial charge in [0.25, 0.3) is 0 Å². The van der Waals surface area contributed by atoms with Crippen LogP contribution in [0.25, 0.3) is 0 Å². The van der Waals surface area contributed by atoms with Crippen molar-refractivity contribution in [3.8, 4) is 0 Å². The zero-order valence-electron chi connectivity index (χ0n) is 4.30. The molecule has 1 saturated heterocycles. The van der Waals surface area contributed by atoms with Gasteiger partial charge in [-0.3, -0.25) is 4.90 Å². The highest BCUT2D eigenvalue weighted by atomic mass is 16.3. The first kappa shape index (κ1) is 5.06. The van der Waals surface area contributed by atoms with Crippen LogP contribution in [0, 0.1) is 6.42 Å². The van der Waals surface area contributed by atoms with E-state index in [0.717, 1.165) is 19.5 Å². The third-order valence-corrected chi connectivity index (χ3v) is 1.24. The molecule has 0 amide bonds. The number of nitrogens with zero attached hydrogens (tertiary/aromatic N) is 1. The molecule has 0 atom stereocenters. The molecule has 0 spiro atoms. The first-order valence-electron chi connectivity index (χ1n) is 2.58. The third kappa shape index (κ3) is 1.14. The summed E-state index contributed by atoms with van der Waals surface area (Å²) in [7, 11) is 0. The summed E-state index contributed by atoms with van der Waals surface area (Å²) < 4.78 is 0. The summed E-state index contributed by atoms with van der Waals surface area (Å²) in [6.45, 7) is 2.23. The second kappa shape index (κ2) is 2.28. The Morgan fingerprint density at radius 1 is 1.71 bits per heavy atom. The van der Waals surface area contributed by atoms with Gasteiger partial charge in [0, 0.05) is 13.1 Å². The monoisotopic (exact) mass is 100 g/mol. The number of likely N-dealkylation sites (tertiary alicyclic amines) is 1. The van der Waals surface area contributed by atoms with Crippen LogP contribution in [0.5, 0.6) is 0 Å². The van der Waals surface area contributed by atoms with Crippen LogP contribution in [0.4, 0.5) is 0 Å². The molecule has 0 aromatic rings. The van der Waals surface area contributed by atoms with Crippen LogP contribution in [0.15, 0.2) is 0 Å². The Balaban J connectivity index is 2.14. The zero-order chi connectivity index (χ0) is 5.11. The average Bonchev–Trinajstić information content (AvgIpc) is 2.14. The maximum absolute atomic E-state index is 8.47. The van der Waals surface area contributed by atoms with Gasteiger partial charge in [0.2, 0.25) is 0 Å². The van der Waals surface area contributed by atoms with Gasteiger partial charge in [-0.1, -0.05) is 0 Å². The van der Waals surface area contributed by atoms with Gasteiger partial charge in [-0.05, 0) is 12.8 Å². The van der Waals surface area contributed by atoms with Gasteiger partial charge in [-0.15, -0.1) is 0 Å². The molecule has 1 aliphatic rings. The van der Waals surface area contributed by atoms with Crippen molar-refractivity contribution in [1.29, 1.82) is 0 Å². The lowest BCUT2D eigenvalue weighted by molar-refractivity contribution is 0.134. The molecular weight excluding hydrogens is 90.1 g/mol. The van der Waals surface area contributed by atoms with Gasteiger partial charge in [-0.2, -0.15) is 0 Å². The van der Waals surface area contributed by atoms with Crippen LogP contribution >= 0.6 is 0 Å². The lowest BCUT2D eigenvalue weighted by Crippen LogP contribution is -2.19. The van der Waals surface area contributed by atoms with E-state index in [1.807, 2.05) is 4.90 Å². The first-order valence-corrected chi connectivity index (χ1v) is 2.58. The fourth-order valence-corrected chi connectivity index (χ4v) is 0.767. The molecular formula is C5H10NO. The highest BCUT2D eigenvalue weighted by molar-refractivity contribution is 4.78. The summed E-state index contributed by atoms with van der Waals surface area (Å²) >= 11 is 0. The SMILES string of the molecule is OCN1C[CH]CC1. The van der Waals surface area contributed by atoms with Crippen LogP contribution < -0.4 is 0 Å². The van der Waals surface area contributed by atoms with Gasteiger partial charge < -0.3 is 5.11 Å². The van der Waals surface area contributed by atoms with E-state index in [0.29, 0.717) is 0 Å². The van der Waals surface area contributed by atoms with Crippen molar-refractivity contribution >= 4 is 0 Å². The minimum Gasteiger partial charge on any atom is -0.381 e. The Labute approximate surface area is 43.7 Å². The van der Waals surface area contributed by atoms with Crippen LogP contribution in [-0.4, -0.2) is 29.8 Å². The van der Waals surface area contributed by atoms with Crippen molar-refractivity contribution in [2.24, 2.45) is 0 Å². The van der Waals surface area contributed by atoms with Crippen molar-refractivity contribution in [2.75, 3.05) is 19.8 Å². The van der Waals surface area contributed by atoms with Crippen molar-refractivity contribution in [3.63, 3.8) is 0 Å². The summed E-state index contributed by atoms with van der Waals surface area (Å²) in [5, 5.41) is 8.47. The molecule has 1 heterocycles. The van der Waals surface area contributed by atoms with E-state index in [1.165, 1.54) is 0 Å². The van der Waals surface area contributed by atoms with Gasteiger partial charge in [0.05, 0.1) is 6.73 Å². The normalized spacial score (nSPS) is 23.6. The van der Waals surface area contributed by atoms with E-state index in [2.05, 4.69) is 6.42 Å². The molecule has 1 radical (unpaired) electrons.